The number of hydrogen-bond acceptors (Lipinski definition) is 1. The van der Waals surface area contributed by atoms with Gasteiger partial charge in [-0.1, -0.05) is 24.3 Å². The van der Waals surface area contributed by atoms with Gasteiger partial charge >= 0.3 is 0 Å². The number of ether oxygens (including phenoxy) is 1. The molecular formula is C9H8F2O. The van der Waals surface area contributed by atoms with Gasteiger partial charge in [-0.2, -0.15) is 8.78 Å². The fourth-order valence-corrected chi connectivity index (χ4v) is 1.37. The van der Waals surface area contributed by atoms with E-state index in [4.69, 9.17) is 4.74 Å². The van der Waals surface area contributed by atoms with E-state index in [-0.39, 0.29) is 5.56 Å². The molecule has 0 atom stereocenters. The molecule has 1 aromatic rings. The predicted octanol–water partition coefficient (Wildman–Crippen LogP) is 2.31. The Morgan fingerprint density at radius 3 is 2.75 bits per heavy atom. The highest BCUT2D eigenvalue weighted by Crippen LogP contribution is 2.34. The van der Waals surface area contributed by atoms with E-state index in [1.54, 1.807) is 18.2 Å². The van der Waals surface area contributed by atoms with Crippen LogP contribution in [-0.4, -0.2) is 6.61 Å². The zero-order valence-electron chi connectivity index (χ0n) is 6.39. The average molecular weight is 170 g/mol. The summed E-state index contributed by atoms with van der Waals surface area (Å²) in [5.74, 6) is -2.81. The second-order valence-corrected chi connectivity index (χ2v) is 2.85. The van der Waals surface area contributed by atoms with Gasteiger partial charge in [0.2, 0.25) is 0 Å². The van der Waals surface area contributed by atoms with Crippen molar-refractivity contribution in [3.63, 3.8) is 0 Å². The molecule has 1 aliphatic heterocycles. The summed E-state index contributed by atoms with van der Waals surface area (Å²) in [6.07, 6.45) is 0. The van der Waals surface area contributed by atoms with Crippen molar-refractivity contribution >= 4 is 0 Å². The molecule has 12 heavy (non-hydrogen) atoms. The molecule has 0 spiro atoms. The summed E-state index contributed by atoms with van der Waals surface area (Å²) in [5.41, 5.74) is 0.699. The predicted molar refractivity (Wildman–Crippen MR) is 40.0 cm³/mol. The highest BCUT2D eigenvalue weighted by Gasteiger charge is 2.36. The lowest BCUT2D eigenvalue weighted by molar-refractivity contribution is -0.103. The molecule has 0 saturated heterocycles. The third-order valence-electron chi connectivity index (χ3n) is 1.95. The second-order valence-electron chi connectivity index (χ2n) is 2.85. The largest absolute Gasteiger partial charge is 0.370 e. The van der Waals surface area contributed by atoms with Gasteiger partial charge in [-0.25, -0.2) is 0 Å². The molecule has 0 radical (unpaired) electrons. The SMILES string of the molecule is FC1(F)COCc2ccccc21. The average Bonchev–Trinajstić information content (AvgIpc) is 2.04. The Hall–Kier alpha value is -0.960. The van der Waals surface area contributed by atoms with Crippen LogP contribution in [0.1, 0.15) is 11.1 Å². The quantitative estimate of drug-likeness (QED) is 0.580. The molecule has 3 heteroatoms. The van der Waals surface area contributed by atoms with Gasteiger partial charge in [-0.05, 0) is 5.56 Å². The van der Waals surface area contributed by atoms with Crippen molar-refractivity contribution in [2.75, 3.05) is 6.61 Å². The minimum Gasteiger partial charge on any atom is -0.370 e. The number of halogens is 2. The fourth-order valence-electron chi connectivity index (χ4n) is 1.37. The van der Waals surface area contributed by atoms with Gasteiger partial charge in [0.1, 0.15) is 6.61 Å². The van der Waals surface area contributed by atoms with Gasteiger partial charge in [-0.3, -0.25) is 0 Å². The van der Waals surface area contributed by atoms with E-state index in [1.165, 1.54) is 6.07 Å². The Kier molecular flexibility index (Phi) is 1.61. The first-order chi connectivity index (χ1) is 5.70. The van der Waals surface area contributed by atoms with Gasteiger partial charge in [-0.15, -0.1) is 0 Å². The highest BCUT2D eigenvalue weighted by molar-refractivity contribution is 5.31. The lowest BCUT2D eigenvalue weighted by atomic mass is 10.0. The van der Waals surface area contributed by atoms with Crippen molar-refractivity contribution in [3.05, 3.63) is 35.4 Å². The van der Waals surface area contributed by atoms with E-state index in [9.17, 15) is 8.78 Å². The zero-order valence-corrected chi connectivity index (χ0v) is 6.39. The van der Waals surface area contributed by atoms with Crippen molar-refractivity contribution in [1.82, 2.24) is 0 Å². The summed E-state index contributed by atoms with van der Waals surface area (Å²) in [5, 5.41) is 0. The monoisotopic (exact) mass is 170 g/mol. The standard InChI is InChI=1S/C9H8F2O/c10-9(11)6-12-5-7-3-1-2-4-8(7)9/h1-4H,5-6H2. The van der Waals surface area contributed by atoms with Crippen molar-refractivity contribution in [2.24, 2.45) is 0 Å². The smallest absolute Gasteiger partial charge is 0.296 e. The van der Waals surface area contributed by atoms with Crippen LogP contribution in [0.15, 0.2) is 24.3 Å². The van der Waals surface area contributed by atoms with Gasteiger partial charge in [0.15, 0.2) is 0 Å². The van der Waals surface area contributed by atoms with E-state index in [0.29, 0.717) is 12.2 Å². The normalized spacial score (nSPS) is 20.2. The summed E-state index contributed by atoms with van der Waals surface area (Å²) in [6.45, 7) is -0.199. The topological polar surface area (TPSA) is 9.23 Å². The van der Waals surface area contributed by atoms with Crippen molar-refractivity contribution < 1.29 is 13.5 Å². The molecule has 0 bridgehead atoms. The van der Waals surface area contributed by atoms with Gasteiger partial charge < -0.3 is 4.74 Å². The maximum atomic E-state index is 13.1. The Labute approximate surface area is 69.0 Å². The number of alkyl halides is 2. The summed E-state index contributed by atoms with van der Waals surface area (Å²) in [6, 6.07) is 6.49. The molecule has 0 saturated carbocycles. The molecule has 0 unspecified atom stereocenters. The van der Waals surface area contributed by atoms with Crippen LogP contribution in [0.3, 0.4) is 0 Å². The lowest BCUT2D eigenvalue weighted by Gasteiger charge is -2.24. The van der Waals surface area contributed by atoms with Crippen LogP contribution < -0.4 is 0 Å². The number of hydrogen-bond donors (Lipinski definition) is 0. The first-order valence-electron chi connectivity index (χ1n) is 3.74. The summed E-state index contributed by atoms with van der Waals surface area (Å²) in [7, 11) is 0. The summed E-state index contributed by atoms with van der Waals surface area (Å²) in [4.78, 5) is 0. The van der Waals surface area contributed by atoms with Gasteiger partial charge in [0.25, 0.3) is 5.92 Å². The molecule has 1 heterocycles. The number of benzene rings is 1. The van der Waals surface area contributed by atoms with E-state index >= 15 is 0 Å². The molecule has 64 valence electrons. The molecule has 0 fully saturated rings. The number of rotatable bonds is 0. The third-order valence-corrected chi connectivity index (χ3v) is 1.95. The van der Waals surface area contributed by atoms with E-state index in [1.807, 2.05) is 0 Å². The third kappa shape index (κ3) is 1.10. The molecule has 0 aliphatic carbocycles. The molecule has 2 rings (SSSR count). The maximum Gasteiger partial charge on any atom is 0.296 e. The van der Waals surface area contributed by atoms with Crippen molar-refractivity contribution in [2.45, 2.75) is 12.5 Å². The Morgan fingerprint density at radius 2 is 2.00 bits per heavy atom. The van der Waals surface area contributed by atoms with Crippen LogP contribution in [0, 0.1) is 0 Å². The molecule has 0 aromatic heterocycles. The van der Waals surface area contributed by atoms with Crippen LogP contribution in [-0.2, 0) is 17.3 Å². The fraction of sp³-hybridized carbons (Fsp3) is 0.333. The Balaban J connectivity index is 2.52. The molecule has 1 nitrogen and oxygen atoms in total. The van der Waals surface area contributed by atoms with Crippen LogP contribution in [0.2, 0.25) is 0 Å². The molecule has 1 aromatic carbocycles. The summed E-state index contributed by atoms with van der Waals surface area (Å²) < 4.78 is 30.9. The summed E-state index contributed by atoms with van der Waals surface area (Å²) >= 11 is 0. The van der Waals surface area contributed by atoms with Crippen LogP contribution >= 0.6 is 0 Å². The zero-order chi connectivity index (χ0) is 8.60. The molecule has 0 N–H and O–H groups in total. The lowest BCUT2D eigenvalue weighted by Crippen LogP contribution is -2.27. The highest BCUT2D eigenvalue weighted by atomic mass is 19.3. The Morgan fingerprint density at radius 1 is 1.25 bits per heavy atom. The van der Waals surface area contributed by atoms with Crippen LogP contribution in [0.25, 0.3) is 0 Å². The molecule has 0 amide bonds. The van der Waals surface area contributed by atoms with Crippen LogP contribution in [0.4, 0.5) is 8.78 Å². The van der Waals surface area contributed by atoms with E-state index in [0.717, 1.165) is 0 Å². The van der Waals surface area contributed by atoms with Gasteiger partial charge in [0, 0.05) is 5.56 Å². The first-order valence-corrected chi connectivity index (χ1v) is 3.74. The molecule has 1 aliphatic rings. The first kappa shape index (κ1) is 7.68. The number of fused-ring (bicyclic) bond motifs is 1. The second kappa shape index (κ2) is 2.52. The van der Waals surface area contributed by atoms with Crippen molar-refractivity contribution in [1.29, 1.82) is 0 Å². The minimum absolute atomic E-state index is 0.108. The van der Waals surface area contributed by atoms with E-state index in [2.05, 4.69) is 0 Å². The Bertz CT molecular complexity index is 296. The molecular weight excluding hydrogens is 162 g/mol. The van der Waals surface area contributed by atoms with E-state index < -0.39 is 12.5 Å². The maximum absolute atomic E-state index is 13.1. The van der Waals surface area contributed by atoms with Gasteiger partial charge in [0.05, 0.1) is 6.61 Å². The van der Waals surface area contributed by atoms with Crippen molar-refractivity contribution in [3.8, 4) is 0 Å². The minimum atomic E-state index is -2.81. The van der Waals surface area contributed by atoms with Crippen LogP contribution in [0.5, 0.6) is 0 Å².